The Bertz CT molecular complexity index is 383. The van der Waals surface area contributed by atoms with Crippen LogP contribution in [0, 0.1) is 0 Å². The Labute approximate surface area is 106 Å². The Morgan fingerprint density at radius 2 is 1.82 bits per heavy atom. The van der Waals surface area contributed by atoms with Crippen LogP contribution in [0.1, 0.15) is 25.6 Å². The number of carbonyl (C=O) groups is 1. The molecule has 1 aromatic carbocycles. The fourth-order valence-corrected chi connectivity index (χ4v) is 1.47. The predicted molar refractivity (Wildman–Crippen MR) is 61.9 cm³/mol. The molecule has 1 rings (SSSR count). The topological polar surface area (TPSA) is 37.3 Å². The van der Waals surface area contributed by atoms with Crippen LogP contribution >= 0.6 is 15.9 Å². The molecule has 0 saturated carbocycles. The van der Waals surface area contributed by atoms with Gasteiger partial charge in [-0.3, -0.25) is 0 Å². The molecule has 0 fully saturated rings. The number of carboxylic acid groups (broad SMARTS) is 1. The van der Waals surface area contributed by atoms with Crippen molar-refractivity contribution in [2.24, 2.45) is 0 Å². The lowest BCUT2D eigenvalue weighted by atomic mass is 10.1. The Kier molecular flexibility index (Phi) is 6.23. The molecule has 1 atom stereocenters. The molecule has 6 heteroatoms. The van der Waals surface area contributed by atoms with Crippen molar-refractivity contribution in [2.75, 3.05) is 0 Å². The smallest absolute Gasteiger partial charge is 0.378 e. The number of carboxylic acids is 1. The predicted octanol–water partition coefficient (Wildman–Crippen LogP) is 4.21. The SMILES string of the molecule is CC.O=C(O)C(F)(F)C(F)c1ccccc1Br. The van der Waals surface area contributed by atoms with Gasteiger partial charge in [-0.2, -0.15) is 8.78 Å². The molecule has 0 amide bonds. The van der Waals surface area contributed by atoms with Crippen molar-refractivity contribution in [1.82, 2.24) is 0 Å². The molecule has 0 bridgehead atoms. The van der Waals surface area contributed by atoms with E-state index in [0.29, 0.717) is 0 Å². The third-order valence-corrected chi connectivity index (χ3v) is 2.50. The molecule has 2 nitrogen and oxygen atoms in total. The number of hydrogen-bond donors (Lipinski definition) is 1. The monoisotopic (exact) mass is 312 g/mol. The fraction of sp³-hybridized carbons (Fsp3) is 0.364. The maximum Gasteiger partial charge on any atom is 0.378 e. The lowest BCUT2D eigenvalue weighted by Crippen LogP contribution is -2.33. The first kappa shape index (κ1) is 16.0. The van der Waals surface area contributed by atoms with Gasteiger partial charge < -0.3 is 5.11 Å². The molecule has 0 aliphatic carbocycles. The van der Waals surface area contributed by atoms with Gasteiger partial charge in [0.2, 0.25) is 6.17 Å². The van der Waals surface area contributed by atoms with Crippen molar-refractivity contribution in [3.05, 3.63) is 34.3 Å². The van der Waals surface area contributed by atoms with Crippen molar-refractivity contribution in [2.45, 2.75) is 25.9 Å². The Morgan fingerprint density at radius 3 is 2.24 bits per heavy atom. The van der Waals surface area contributed by atoms with E-state index in [9.17, 15) is 18.0 Å². The highest BCUT2D eigenvalue weighted by Crippen LogP contribution is 2.38. The second-order valence-electron chi connectivity index (χ2n) is 2.81. The summed E-state index contributed by atoms with van der Waals surface area (Å²) in [6.07, 6.45) is -2.87. The van der Waals surface area contributed by atoms with Crippen molar-refractivity contribution in [3.63, 3.8) is 0 Å². The van der Waals surface area contributed by atoms with E-state index in [-0.39, 0.29) is 10.0 Å². The number of alkyl halides is 3. The van der Waals surface area contributed by atoms with Crippen LogP contribution in [-0.2, 0) is 4.79 Å². The van der Waals surface area contributed by atoms with Crippen LogP contribution in [0.25, 0.3) is 0 Å². The number of halogens is 4. The normalized spacial score (nSPS) is 12.4. The van der Waals surface area contributed by atoms with Gasteiger partial charge in [0.05, 0.1) is 0 Å². The van der Waals surface area contributed by atoms with Gasteiger partial charge in [0.15, 0.2) is 0 Å². The molecular formula is C11H12BrF3O2. The second-order valence-corrected chi connectivity index (χ2v) is 3.67. The number of benzene rings is 1. The van der Waals surface area contributed by atoms with Crippen LogP contribution in [-0.4, -0.2) is 17.0 Å². The third kappa shape index (κ3) is 3.73. The van der Waals surface area contributed by atoms with E-state index in [1.54, 1.807) is 0 Å². The van der Waals surface area contributed by atoms with Crippen molar-refractivity contribution in [3.8, 4) is 0 Å². The molecule has 0 aliphatic heterocycles. The van der Waals surface area contributed by atoms with Crippen molar-refractivity contribution >= 4 is 21.9 Å². The van der Waals surface area contributed by atoms with Crippen LogP contribution in [0.3, 0.4) is 0 Å². The first-order valence-electron chi connectivity index (χ1n) is 4.87. The van der Waals surface area contributed by atoms with Crippen LogP contribution < -0.4 is 0 Å². The van der Waals surface area contributed by atoms with Crippen LogP contribution in [0.5, 0.6) is 0 Å². The Balaban J connectivity index is 0.00000121. The number of rotatable bonds is 3. The average molecular weight is 313 g/mol. The van der Waals surface area contributed by atoms with Crippen LogP contribution in [0.15, 0.2) is 28.7 Å². The van der Waals surface area contributed by atoms with E-state index in [1.807, 2.05) is 13.8 Å². The molecule has 96 valence electrons. The van der Waals surface area contributed by atoms with Gasteiger partial charge in [0.1, 0.15) is 0 Å². The minimum absolute atomic E-state index is 0.110. The second kappa shape index (κ2) is 6.64. The van der Waals surface area contributed by atoms with Crippen molar-refractivity contribution in [1.29, 1.82) is 0 Å². The first-order chi connectivity index (χ1) is 7.87. The summed E-state index contributed by atoms with van der Waals surface area (Å²) < 4.78 is 39.0. The molecule has 0 saturated heterocycles. The summed E-state index contributed by atoms with van der Waals surface area (Å²) in [5, 5.41) is 8.16. The first-order valence-corrected chi connectivity index (χ1v) is 5.66. The number of aliphatic carboxylic acids is 1. The maximum absolute atomic E-state index is 13.3. The summed E-state index contributed by atoms with van der Waals surface area (Å²) in [4.78, 5) is 10.1. The van der Waals surface area contributed by atoms with E-state index in [4.69, 9.17) is 5.11 Å². The molecule has 0 aromatic heterocycles. The van der Waals surface area contributed by atoms with E-state index in [2.05, 4.69) is 15.9 Å². The third-order valence-electron chi connectivity index (χ3n) is 1.78. The fourth-order valence-electron chi connectivity index (χ4n) is 0.984. The lowest BCUT2D eigenvalue weighted by molar-refractivity contribution is -0.175. The summed E-state index contributed by atoms with van der Waals surface area (Å²) in [6.45, 7) is 4.00. The molecule has 0 heterocycles. The molecule has 0 spiro atoms. The molecule has 1 aromatic rings. The van der Waals surface area contributed by atoms with Gasteiger partial charge in [-0.15, -0.1) is 0 Å². The van der Waals surface area contributed by atoms with Crippen molar-refractivity contribution < 1.29 is 23.1 Å². The largest absolute Gasteiger partial charge is 0.477 e. The quantitative estimate of drug-likeness (QED) is 0.908. The summed E-state index contributed by atoms with van der Waals surface area (Å²) in [7, 11) is 0. The minimum Gasteiger partial charge on any atom is -0.477 e. The van der Waals surface area contributed by atoms with Gasteiger partial charge in [-0.25, -0.2) is 9.18 Å². The summed E-state index contributed by atoms with van der Waals surface area (Å²) in [5.74, 6) is -6.91. The zero-order valence-corrected chi connectivity index (χ0v) is 10.8. The van der Waals surface area contributed by atoms with E-state index in [1.165, 1.54) is 18.2 Å². The highest BCUT2D eigenvalue weighted by Gasteiger charge is 2.49. The van der Waals surface area contributed by atoms with Gasteiger partial charge in [-0.1, -0.05) is 48.0 Å². The molecular weight excluding hydrogens is 301 g/mol. The van der Waals surface area contributed by atoms with Gasteiger partial charge in [0.25, 0.3) is 0 Å². The maximum atomic E-state index is 13.3. The van der Waals surface area contributed by atoms with Gasteiger partial charge in [0, 0.05) is 10.0 Å². The molecule has 17 heavy (non-hydrogen) atoms. The molecule has 1 unspecified atom stereocenters. The van der Waals surface area contributed by atoms with Crippen LogP contribution in [0.4, 0.5) is 13.2 Å². The molecule has 0 aliphatic rings. The summed E-state index contributed by atoms with van der Waals surface area (Å²) >= 11 is 2.87. The average Bonchev–Trinajstić information content (AvgIpc) is 2.31. The van der Waals surface area contributed by atoms with E-state index < -0.39 is 18.1 Å². The molecule has 1 N–H and O–H groups in total. The van der Waals surface area contributed by atoms with Crippen LogP contribution in [0.2, 0.25) is 0 Å². The Morgan fingerprint density at radius 1 is 1.35 bits per heavy atom. The van der Waals surface area contributed by atoms with E-state index >= 15 is 0 Å². The number of hydrogen-bond acceptors (Lipinski definition) is 1. The summed E-state index contributed by atoms with van der Waals surface area (Å²) in [6, 6.07) is 5.33. The minimum atomic E-state index is -4.43. The zero-order valence-electron chi connectivity index (χ0n) is 9.25. The van der Waals surface area contributed by atoms with Gasteiger partial charge >= 0.3 is 11.9 Å². The zero-order chi connectivity index (χ0) is 13.6. The highest BCUT2D eigenvalue weighted by molar-refractivity contribution is 9.10. The van der Waals surface area contributed by atoms with Gasteiger partial charge in [-0.05, 0) is 6.07 Å². The standard InChI is InChI=1S/C9H6BrF3O2.C2H6/c10-6-4-2-1-3-5(6)7(11)9(12,13)8(14)15;1-2/h1-4,7H,(H,14,15);1-2H3. The van der Waals surface area contributed by atoms with E-state index in [0.717, 1.165) is 6.07 Å². The lowest BCUT2D eigenvalue weighted by Gasteiger charge is -2.17. The highest BCUT2D eigenvalue weighted by atomic mass is 79.9. The molecule has 0 radical (unpaired) electrons. The Hall–Kier alpha value is -1.04. The summed E-state index contributed by atoms with van der Waals surface area (Å²) in [5.41, 5.74) is -0.384.